The van der Waals surface area contributed by atoms with Crippen molar-refractivity contribution in [3.05, 3.63) is 56.1 Å². The summed E-state index contributed by atoms with van der Waals surface area (Å²) in [6.45, 7) is 1.99. The molecule has 136 valence electrons. The van der Waals surface area contributed by atoms with E-state index >= 15 is 0 Å². The van der Waals surface area contributed by atoms with Crippen molar-refractivity contribution in [2.45, 2.75) is 19.9 Å². The highest BCUT2D eigenvalue weighted by Gasteiger charge is 2.23. The third kappa shape index (κ3) is 2.67. The lowest BCUT2D eigenvalue weighted by molar-refractivity contribution is 0.0948. The van der Waals surface area contributed by atoms with E-state index < -0.39 is 17.2 Å². The number of nitrogens with zero attached hydrogens (tertiary/aromatic N) is 3. The van der Waals surface area contributed by atoms with Crippen molar-refractivity contribution in [1.82, 2.24) is 19.4 Å². The van der Waals surface area contributed by atoms with Crippen molar-refractivity contribution in [2.75, 3.05) is 5.73 Å². The van der Waals surface area contributed by atoms with Crippen LogP contribution in [0.2, 0.25) is 0 Å². The zero-order chi connectivity index (χ0) is 19.0. The number of nitrogen functional groups attached to an aromatic ring is 1. The molecule has 0 aromatic carbocycles. The molecule has 1 amide bonds. The fourth-order valence-electron chi connectivity index (χ4n) is 2.95. The number of carbonyl (C=O) groups excluding carboxylic acids is 1. The molecule has 9 nitrogen and oxygen atoms in total. The third-order valence-corrected chi connectivity index (χ3v) is 4.30. The summed E-state index contributed by atoms with van der Waals surface area (Å²) in [5.41, 5.74) is 5.75. The average Bonchev–Trinajstić information content (AvgIpc) is 3.15. The zero-order valence-corrected chi connectivity index (χ0v) is 14.7. The summed E-state index contributed by atoms with van der Waals surface area (Å²) in [7, 11) is 2.89. The molecule has 0 fully saturated rings. The Kier molecular flexibility index (Phi) is 4.37. The van der Waals surface area contributed by atoms with E-state index in [1.807, 2.05) is 6.92 Å². The lowest BCUT2D eigenvalue weighted by Crippen LogP contribution is -2.38. The molecule has 0 atom stereocenters. The molecule has 0 aliphatic carbocycles. The molecule has 0 saturated carbocycles. The Morgan fingerprint density at radius 2 is 2.04 bits per heavy atom. The second kappa shape index (κ2) is 6.51. The standard InChI is InChI=1S/C17H19N5O4/c1-4-10-11(15(23)19-8-9-6-5-7-26-9)13(18)20-14-12(10)16(24)22(3)17(25)21(14)2/h5-7H,4,8H2,1-3H3,(H2,18,20)(H,19,23). The second-order valence-corrected chi connectivity index (χ2v) is 5.87. The number of nitrogens with two attached hydrogens (primary N) is 1. The van der Waals surface area contributed by atoms with Crippen LogP contribution in [0.3, 0.4) is 0 Å². The van der Waals surface area contributed by atoms with E-state index in [0.29, 0.717) is 17.7 Å². The molecule has 9 heteroatoms. The van der Waals surface area contributed by atoms with Crippen molar-refractivity contribution < 1.29 is 9.21 Å². The monoisotopic (exact) mass is 357 g/mol. The molecule has 0 aliphatic heterocycles. The van der Waals surface area contributed by atoms with E-state index in [9.17, 15) is 14.4 Å². The molecule has 3 heterocycles. The van der Waals surface area contributed by atoms with Gasteiger partial charge >= 0.3 is 5.69 Å². The first-order chi connectivity index (χ1) is 12.4. The fraction of sp³-hybridized carbons (Fsp3) is 0.294. The number of pyridine rings is 1. The number of hydrogen-bond acceptors (Lipinski definition) is 6. The van der Waals surface area contributed by atoms with Gasteiger partial charge in [-0.15, -0.1) is 0 Å². The van der Waals surface area contributed by atoms with Gasteiger partial charge in [0, 0.05) is 14.1 Å². The zero-order valence-electron chi connectivity index (χ0n) is 14.7. The molecule has 0 saturated heterocycles. The minimum absolute atomic E-state index is 0.0328. The van der Waals surface area contributed by atoms with E-state index in [1.54, 1.807) is 12.1 Å². The molecule has 3 aromatic heterocycles. The van der Waals surface area contributed by atoms with Crippen LogP contribution in [-0.2, 0) is 27.1 Å². The molecular formula is C17H19N5O4. The Bertz CT molecular complexity index is 1110. The highest BCUT2D eigenvalue weighted by Crippen LogP contribution is 2.23. The van der Waals surface area contributed by atoms with Gasteiger partial charge in [-0.3, -0.25) is 18.7 Å². The largest absolute Gasteiger partial charge is 0.467 e. The van der Waals surface area contributed by atoms with Crippen LogP contribution in [0.4, 0.5) is 5.82 Å². The number of furan rings is 1. The van der Waals surface area contributed by atoms with Crippen LogP contribution in [-0.4, -0.2) is 20.0 Å². The maximum absolute atomic E-state index is 12.7. The number of fused-ring (bicyclic) bond motifs is 1. The van der Waals surface area contributed by atoms with Crippen LogP contribution in [0.15, 0.2) is 32.4 Å². The van der Waals surface area contributed by atoms with Crippen LogP contribution in [0.1, 0.15) is 28.6 Å². The van der Waals surface area contributed by atoms with Gasteiger partial charge in [-0.2, -0.15) is 0 Å². The summed E-state index contributed by atoms with van der Waals surface area (Å²) < 4.78 is 7.42. The van der Waals surface area contributed by atoms with Crippen molar-refractivity contribution in [1.29, 1.82) is 0 Å². The number of rotatable bonds is 4. The molecule has 3 N–H and O–H groups in total. The van der Waals surface area contributed by atoms with E-state index in [0.717, 1.165) is 4.57 Å². The molecule has 0 aliphatic rings. The van der Waals surface area contributed by atoms with Gasteiger partial charge in [-0.05, 0) is 24.1 Å². The maximum atomic E-state index is 12.7. The van der Waals surface area contributed by atoms with E-state index in [-0.39, 0.29) is 29.0 Å². The highest BCUT2D eigenvalue weighted by molar-refractivity contribution is 6.03. The lowest BCUT2D eigenvalue weighted by Gasteiger charge is -2.15. The van der Waals surface area contributed by atoms with Gasteiger partial charge in [-0.1, -0.05) is 6.92 Å². The SMILES string of the molecule is CCc1c(C(=O)NCc2ccco2)c(N)nc2c1c(=O)n(C)c(=O)n2C. The van der Waals surface area contributed by atoms with Crippen molar-refractivity contribution in [2.24, 2.45) is 14.1 Å². The number of amides is 1. The lowest BCUT2D eigenvalue weighted by atomic mass is 10.0. The second-order valence-electron chi connectivity index (χ2n) is 5.87. The number of anilines is 1. The highest BCUT2D eigenvalue weighted by atomic mass is 16.3. The summed E-state index contributed by atoms with van der Waals surface area (Å²) in [6, 6.07) is 3.45. The smallest absolute Gasteiger partial charge is 0.332 e. The summed E-state index contributed by atoms with van der Waals surface area (Å²) in [5, 5.41) is 2.93. The summed E-state index contributed by atoms with van der Waals surface area (Å²) in [6.07, 6.45) is 1.88. The van der Waals surface area contributed by atoms with Gasteiger partial charge in [0.2, 0.25) is 0 Å². The Hall–Kier alpha value is -3.36. The summed E-state index contributed by atoms with van der Waals surface area (Å²) >= 11 is 0. The number of nitrogens with one attached hydrogen (secondary N) is 1. The predicted octanol–water partition coefficient (Wildman–Crippen LogP) is 0.300. The molecule has 0 unspecified atom stereocenters. The molecular weight excluding hydrogens is 338 g/mol. The van der Waals surface area contributed by atoms with Gasteiger partial charge in [0.1, 0.15) is 11.6 Å². The number of carbonyl (C=O) groups is 1. The molecule has 3 aromatic rings. The number of hydrogen-bond donors (Lipinski definition) is 2. The van der Waals surface area contributed by atoms with Crippen LogP contribution in [0.25, 0.3) is 11.0 Å². The van der Waals surface area contributed by atoms with Crippen LogP contribution in [0.5, 0.6) is 0 Å². The minimum Gasteiger partial charge on any atom is -0.467 e. The first-order valence-electron chi connectivity index (χ1n) is 8.05. The topological polar surface area (TPSA) is 125 Å². The summed E-state index contributed by atoms with van der Waals surface area (Å²) in [4.78, 5) is 41.6. The van der Waals surface area contributed by atoms with Crippen LogP contribution < -0.4 is 22.3 Å². The van der Waals surface area contributed by atoms with E-state index in [1.165, 1.54) is 24.9 Å². The van der Waals surface area contributed by atoms with Gasteiger partial charge in [0.05, 0.1) is 23.8 Å². The van der Waals surface area contributed by atoms with Crippen LogP contribution in [0, 0.1) is 0 Å². The molecule has 3 rings (SSSR count). The van der Waals surface area contributed by atoms with Crippen molar-refractivity contribution in [3.63, 3.8) is 0 Å². The van der Waals surface area contributed by atoms with Gasteiger partial charge in [0.15, 0.2) is 5.65 Å². The molecule has 26 heavy (non-hydrogen) atoms. The normalized spacial score (nSPS) is 11.0. The molecule has 0 radical (unpaired) electrons. The first kappa shape index (κ1) is 17.5. The maximum Gasteiger partial charge on any atom is 0.332 e. The predicted molar refractivity (Wildman–Crippen MR) is 95.9 cm³/mol. The van der Waals surface area contributed by atoms with Crippen LogP contribution >= 0.6 is 0 Å². The van der Waals surface area contributed by atoms with E-state index in [4.69, 9.17) is 10.2 Å². The first-order valence-corrected chi connectivity index (χ1v) is 8.05. The third-order valence-electron chi connectivity index (χ3n) is 4.30. The quantitative estimate of drug-likeness (QED) is 0.692. The van der Waals surface area contributed by atoms with E-state index in [2.05, 4.69) is 10.3 Å². The van der Waals surface area contributed by atoms with Crippen molar-refractivity contribution >= 4 is 22.8 Å². The fourth-order valence-corrected chi connectivity index (χ4v) is 2.95. The Balaban J connectivity index is 2.20. The summed E-state index contributed by atoms with van der Waals surface area (Å²) in [5.74, 6) is 0.0950. The molecule has 0 bridgehead atoms. The minimum atomic E-state index is -0.508. The number of aryl methyl sites for hydroxylation is 2. The Morgan fingerprint density at radius 1 is 1.31 bits per heavy atom. The Labute approximate surface area is 148 Å². The number of aromatic nitrogens is 3. The van der Waals surface area contributed by atoms with Crippen molar-refractivity contribution in [3.8, 4) is 0 Å². The Morgan fingerprint density at radius 3 is 2.65 bits per heavy atom. The van der Waals surface area contributed by atoms with Gasteiger partial charge < -0.3 is 15.5 Å². The van der Waals surface area contributed by atoms with Gasteiger partial charge in [0.25, 0.3) is 11.5 Å². The van der Waals surface area contributed by atoms with Gasteiger partial charge in [-0.25, -0.2) is 9.78 Å². The average molecular weight is 357 g/mol. The molecule has 0 spiro atoms.